The van der Waals surface area contributed by atoms with Crippen LogP contribution in [0.3, 0.4) is 0 Å². The largest absolute Gasteiger partial charge is 0.302 e. The second kappa shape index (κ2) is 8.86. The number of nitrogens with zero attached hydrogens (tertiary/aromatic N) is 1. The van der Waals surface area contributed by atoms with E-state index in [0.717, 1.165) is 34.5 Å². The van der Waals surface area contributed by atoms with Gasteiger partial charge in [-0.3, -0.25) is 4.79 Å². The summed E-state index contributed by atoms with van der Waals surface area (Å²) in [5.74, 6) is -0.485. The minimum Gasteiger partial charge on any atom is -0.302 e. The Morgan fingerprint density at radius 1 is 1.13 bits per heavy atom. The summed E-state index contributed by atoms with van der Waals surface area (Å²) in [5.41, 5.74) is 2.39. The van der Waals surface area contributed by atoms with Gasteiger partial charge in [0.1, 0.15) is 5.82 Å². The summed E-state index contributed by atoms with van der Waals surface area (Å²) >= 11 is 1.37. The van der Waals surface area contributed by atoms with E-state index in [1.807, 2.05) is 6.92 Å². The highest BCUT2D eigenvalue weighted by Crippen LogP contribution is 2.30. The maximum absolute atomic E-state index is 13.1. The zero-order chi connectivity index (χ0) is 22.0. The average Bonchev–Trinajstić information content (AvgIpc) is 3.47. The molecule has 1 aliphatic rings. The van der Waals surface area contributed by atoms with Crippen molar-refractivity contribution in [2.75, 3.05) is 5.32 Å². The summed E-state index contributed by atoms with van der Waals surface area (Å²) in [6.07, 6.45) is 2.50. The van der Waals surface area contributed by atoms with Gasteiger partial charge < -0.3 is 5.32 Å². The van der Waals surface area contributed by atoms with Crippen molar-refractivity contribution in [1.29, 1.82) is 0 Å². The summed E-state index contributed by atoms with van der Waals surface area (Å²) in [5, 5.41) is 3.30. The molecule has 0 bridgehead atoms. The molecule has 0 spiro atoms. The molecule has 31 heavy (non-hydrogen) atoms. The number of amides is 1. The van der Waals surface area contributed by atoms with E-state index < -0.39 is 10.0 Å². The number of anilines is 1. The third kappa shape index (κ3) is 5.55. The molecular formula is C22H22FN3O3S2. The molecule has 1 fully saturated rings. The molecule has 0 atom stereocenters. The van der Waals surface area contributed by atoms with Crippen molar-refractivity contribution in [3.63, 3.8) is 0 Å². The van der Waals surface area contributed by atoms with Gasteiger partial charge in [0.25, 0.3) is 0 Å². The minimum atomic E-state index is -3.47. The van der Waals surface area contributed by atoms with Gasteiger partial charge in [0, 0.05) is 22.9 Å². The molecule has 4 rings (SSSR count). The number of carbonyl (C=O) groups excluding carboxylic acids is 1. The Kier molecular flexibility index (Phi) is 6.17. The number of nitrogens with one attached hydrogen (secondary N) is 2. The number of benzene rings is 2. The zero-order valence-electron chi connectivity index (χ0n) is 16.9. The van der Waals surface area contributed by atoms with Crippen LogP contribution in [0.5, 0.6) is 0 Å². The van der Waals surface area contributed by atoms with Crippen LogP contribution >= 0.6 is 11.3 Å². The van der Waals surface area contributed by atoms with E-state index in [4.69, 9.17) is 0 Å². The van der Waals surface area contributed by atoms with Gasteiger partial charge in [-0.05, 0) is 68.1 Å². The summed E-state index contributed by atoms with van der Waals surface area (Å²) in [7, 11) is -3.47. The van der Waals surface area contributed by atoms with E-state index in [-0.39, 0.29) is 29.1 Å². The lowest BCUT2D eigenvalue weighted by atomic mass is 10.1. The van der Waals surface area contributed by atoms with Crippen LogP contribution in [0.25, 0.3) is 11.3 Å². The highest BCUT2D eigenvalue weighted by molar-refractivity contribution is 7.89. The highest BCUT2D eigenvalue weighted by atomic mass is 32.2. The average molecular weight is 460 g/mol. The molecule has 1 aliphatic carbocycles. The standard InChI is InChI=1S/C22H22FN3O3S2/c1-14-21(16-5-7-17(23)8-6-16)25-22(30-14)24-20(27)13-4-15-2-11-19(12-3-15)31(28,29)26-18-9-10-18/h2-3,5-8,11-12,18,26H,4,9-10,13H2,1H3,(H,24,25,27). The van der Waals surface area contributed by atoms with E-state index in [9.17, 15) is 17.6 Å². The van der Waals surface area contributed by atoms with Crippen LogP contribution in [-0.2, 0) is 21.2 Å². The third-order valence-electron chi connectivity index (χ3n) is 4.93. The van der Waals surface area contributed by atoms with Gasteiger partial charge in [-0.2, -0.15) is 0 Å². The molecule has 1 amide bonds. The van der Waals surface area contributed by atoms with Gasteiger partial charge in [-0.25, -0.2) is 22.5 Å². The van der Waals surface area contributed by atoms with Gasteiger partial charge in [0.15, 0.2) is 5.13 Å². The van der Waals surface area contributed by atoms with Gasteiger partial charge in [-0.15, -0.1) is 11.3 Å². The molecule has 3 aromatic rings. The topological polar surface area (TPSA) is 88.2 Å². The van der Waals surface area contributed by atoms with Crippen LogP contribution in [0.15, 0.2) is 53.4 Å². The first-order chi connectivity index (χ1) is 14.8. The summed E-state index contributed by atoms with van der Waals surface area (Å²) < 4.78 is 40.2. The summed E-state index contributed by atoms with van der Waals surface area (Å²) in [6, 6.07) is 12.7. The lowest BCUT2D eigenvalue weighted by molar-refractivity contribution is -0.116. The SMILES string of the molecule is Cc1sc(NC(=O)CCc2ccc(S(=O)(=O)NC3CC3)cc2)nc1-c1ccc(F)cc1. The maximum Gasteiger partial charge on any atom is 0.240 e. The molecule has 0 unspecified atom stereocenters. The van der Waals surface area contributed by atoms with E-state index in [2.05, 4.69) is 15.0 Å². The molecule has 0 radical (unpaired) electrons. The number of halogens is 1. The number of thiazole rings is 1. The molecule has 0 aliphatic heterocycles. The summed E-state index contributed by atoms with van der Waals surface area (Å²) in [6.45, 7) is 1.90. The van der Waals surface area contributed by atoms with E-state index in [1.54, 1.807) is 36.4 Å². The Hall–Kier alpha value is -2.62. The van der Waals surface area contributed by atoms with Crippen LogP contribution in [-0.4, -0.2) is 25.4 Å². The van der Waals surface area contributed by atoms with Crippen molar-refractivity contribution in [3.05, 3.63) is 64.8 Å². The Bertz CT molecular complexity index is 1190. The van der Waals surface area contributed by atoms with Crippen LogP contribution in [0.2, 0.25) is 0 Å². The van der Waals surface area contributed by atoms with Gasteiger partial charge in [0.05, 0.1) is 10.6 Å². The first kappa shape index (κ1) is 21.6. The van der Waals surface area contributed by atoms with Crippen LogP contribution in [0, 0.1) is 12.7 Å². The first-order valence-electron chi connectivity index (χ1n) is 9.95. The number of aromatic nitrogens is 1. The first-order valence-corrected chi connectivity index (χ1v) is 12.2. The number of hydrogen-bond donors (Lipinski definition) is 2. The summed E-state index contributed by atoms with van der Waals surface area (Å²) in [4.78, 5) is 18.0. The fourth-order valence-electron chi connectivity index (χ4n) is 3.09. The molecule has 1 aromatic heterocycles. The predicted molar refractivity (Wildman–Crippen MR) is 119 cm³/mol. The number of hydrogen-bond acceptors (Lipinski definition) is 5. The molecule has 162 valence electrons. The number of aryl methyl sites for hydroxylation is 2. The lowest BCUT2D eigenvalue weighted by Crippen LogP contribution is -2.25. The van der Waals surface area contributed by atoms with Crippen molar-refractivity contribution in [2.24, 2.45) is 0 Å². The van der Waals surface area contributed by atoms with Crippen molar-refractivity contribution in [3.8, 4) is 11.3 Å². The van der Waals surface area contributed by atoms with Crippen LogP contribution < -0.4 is 10.0 Å². The van der Waals surface area contributed by atoms with E-state index in [0.29, 0.717) is 11.6 Å². The van der Waals surface area contributed by atoms with E-state index in [1.165, 1.54) is 23.5 Å². The fourth-order valence-corrected chi connectivity index (χ4v) is 5.25. The molecule has 2 aromatic carbocycles. The number of sulfonamides is 1. The zero-order valence-corrected chi connectivity index (χ0v) is 18.5. The monoisotopic (exact) mass is 459 g/mol. The lowest BCUT2D eigenvalue weighted by Gasteiger charge is -2.07. The second-order valence-corrected chi connectivity index (χ2v) is 10.4. The molecular weight excluding hydrogens is 437 g/mol. The van der Waals surface area contributed by atoms with Crippen molar-refractivity contribution in [2.45, 2.75) is 43.5 Å². The minimum absolute atomic E-state index is 0.0615. The highest BCUT2D eigenvalue weighted by Gasteiger charge is 2.27. The molecule has 9 heteroatoms. The van der Waals surface area contributed by atoms with Gasteiger partial charge in [0.2, 0.25) is 15.9 Å². The molecule has 0 saturated heterocycles. The molecule has 6 nitrogen and oxygen atoms in total. The predicted octanol–water partition coefficient (Wildman–Crippen LogP) is 4.27. The number of carbonyl (C=O) groups is 1. The van der Waals surface area contributed by atoms with Gasteiger partial charge >= 0.3 is 0 Å². The van der Waals surface area contributed by atoms with Crippen molar-refractivity contribution >= 4 is 32.4 Å². The van der Waals surface area contributed by atoms with Gasteiger partial charge in [-0.1, -0.05) is 12.1 Å². The second-order valence-electron chi connectivity index (χ2n) is 7.52. The quantitative estimate of drug-likeness (QED) is 0.527. The van der Waals surface area contributed by atoms with Crippen molar-refractivity contribution < 1.29 is 17.6 Å². The molecule has 2 N–H and O–H groups in total. The van der Waals surface area contributed by atoms with Crippen molar-refractivity contribution in [1.82, 2.24) is 9.71 Å². The molecule has 1 saturated carbocycles. The van der Waals surface area contributed by atoms with E-state index >= 15 is 0 Å². The normalized spacial score (nSPS) is 13.9. The Labute approximate surface area is 184 Å². The Morgan fingerprint density at radius 3 is 2.45 bits per heavy atom. The Balaban J connectivity index is 1.33. The maximum atomic E-state index is 13.1. The Morgan fingerprint density at radius 2 is 1.81 bits per heavy atom. The van der Waals surface area contributed by atoms with Crippen LogP contribution in [0.1, 0.15) is 29.7 Å². The smallest absolute Gasteiger partial charge is 0.240 e. The fraction of sp³-hybridized carbons (Fsp3) is 0.273. The third-order valence-corrected chi connectivity index (χ3v) is 7.36. The number of rotatable bonds is 8. The molecule has 1 heterocycles. The van der Waals surface area contributed by atoms with Crippen LogP contribution in [0.4, 0.5) is 9.52 Å².